The van der Waals surface area contributed by atoms with E-state index in [9.17, 15) is 0 Å². The molecule has 1 aromatic heterocycles. The molecule has 98 valence electrons. The van der Waals surface area contributed by atoms with Crippen molar-refractivity contribution in [1.82, 2.24) is 4.90 Å². The van der Waals surface area contributed by atoms with E-state index in [1.165, 1.54) is 30.8 Å². The molecule has 0 aromatic carbocycles. The van der Waals surface area contributed by atoms with E-state index < -0.39 is 0 Å². The highest BCUT2D eigenvalue weighted by Crippen LogP contribution is 2.24. The predicted octanol–water partition coefficient (Wildman–Crippen LogP) is 2.71. The number of aliphatic hydroxyl groups is 1. The van der Waals surface area contributed by atoms with Gasteiger partial charge in [-0.3, -0.25) is 4.90 Å². The first-order valence-corrected chi connectivity index (χ1v) is 7.60. The van der Waals surface area contributed by atoms with Crippen LogP contribution in [0.15, 0.2) is 11.4 Å². The molecule has 0 amide bonds. The van der Waals surface area contributed by atoms with Gasteiger partial charge < -0.3 is 5.11 Å². The molecule has 2 heterocycles. The lowest BCUT2D eigenvalue weighted by Gasteiger charge is -2.14. The van der Waals surface area contributed by atoms with Gasteiger partial charge in [-0.25, -0.2) is 0 Å². The molecule has 0 bridgehead atoms. The molecule has 1 unspecified atom stereocenters. The number of hydrogen-bond acceptors (Lipinski definition) is 3. The minimum absolute atomic E-state index is 0.150. The van der Waals surface area contributed by atoms with Gasteiger partial charge in [0.05, 0.1) is 6.61 Å². The Balaban J connectivity index is 1.94. The molecule has 0 saturated carbocycles. The average molecular weight is 263 g/mol. The summed E-state index contributed by atoms with van der Waals surface area (Å²) < 4.78 is 0. The Hall–Kier alpha value is -0.820. The van der Waals surface area contributed by atoms with Crippen molar-refractivity contribution >= 4 is 11.3 Å². The second kappa shape index (κ2) is 6.94. The number of rotatable bonds is 4. The van der Waals surface area contributed by atoms with Crippen LogP contribution in [0.3, 0.4) is 0 Å². The standard InChI is InChI=1S/C15H21NOS/c1-2-13-6-8-16(11-13)12-15-14(7-10-18-15)5-3-4-9-17/h7,10,13,17H,2,4,6,8-9,11-12H2,1H3. The molecule has 1 aliphatic rings. The fraction of sp³-hybridized carbons (Fsp3) is 0.600. The molecular weight excluding hydrogens is 242 g/mol. The Kier molecular flexibility index (Phi) is 5.25. The molecule has 1 fully saturated rings. The normalized spacial score (nSPS) is 19.8. The Bertz CT molecular complexity index is 429. The van der Waals surface area contributed by atoms with E-state index >= 15 is 0 Å². The SMILES string of the molecule is CCC1CCN(Cc2sccc2C#CCCO)C1. The van der Waals surface area contributed by atoms with Gasteiger partial charge >= 0.3 is 0 Å². The maximum Gasteiger partial charge on any atom is 0.0540 e. The van der Waals surface area contributed by atoms with E-state index in [4.69, 9.17) is 5.11 Å². The zero-order valence-corrected chi connectivity index (χ0v) is 11.8. The molecule has 1 aliphatic heterocycles. The second-order valence-electron chi connectivity index (χ2n) is 4.83. The lowest BCUT2D eigenvalue weighted by molar-refractivity contribution is 0.305. The highest BCUT2D eigenvalue weighted by Gasteiger charge is 2.21. The molecule has 2 rings (SSSR count). The number of likely N-dealkylation sites (tertiary alicyclic amines) is 1. The highest BCUT2D eigenvalue weighted by atomic mass is 32.1. The molecular formula is C15H21NOS. The Labute approximate surface area is 114 Å². The van der Waals surface area contributed by atoms with E-state index in [2.05, 4.69) is 35.1 Å². The molecule has 1 aromatic rings. The fourth-order valence-electron chi connectivity index (χ4n) is 2.38. The Morgan fingerprint density at radius 1 is 1.56 bits per heavy atom. The monoisotopic (exact) mass is 263 g/mol. The Morgan fingerprint density at radius 3 is 3.17 bits per heavy atom. The van der Waals surface area contributed by atoms with E-state index in [0.717, 1.165) is 18.0 Å². The van der Waals surface area contributed by atoms with Crippen LogP contribution in [-0.4, -0.2) is 29.7 Å². The maximum absolute atomic E-state index is 8.74. The Morgan fingerprint density at radius 2 is 2.44 bits per heavy atom. The third-order valence-electron chi connectivity index (χ3n) is 3.52. The lowest BCUT2D eigenvalue weighted by Crippen LogP contribution is -2.19. The van der Waals surface area contributed by atoms with E-state index in [0.29, 0.717) is 6.42 Å². The van der Waals surface area contributed by atoms with E-state index in [1.54, 1.807) is 11.3 Å². The maximum atomic E-state index is 8.74. The van der Waals surface area contributed by atoms with Gasteiger partial charge in [-0.05, 0) is 30.3 Å². The molecule has 2 nitrogen and oxygen atoms in total. The zero-order chi connectivity index (χ0) is 12.8. The van der Waals surface area contributed by atoms with Gasteiger partial charge in [0.15, 0.2) is 0 Å². The molecule has 1 saturated heterocycles. The van der Waals surface area contributed by atoms with Crippen molar-refractivity contribution in [3.8, 4) is 11.8 Å². The van der Waals surface area contributed by atoms with Gasteiger partial charge in [-0.2, -0.15) is 0 Å². The summed E-state index contributed by atoms with van der Waals surface area (Å²) in [5, 5.41) is 10.9. The average Bonchev–Trinajstić information content (AvgIpc) is 3.00. The summed E-state index contributed by atoms with van der Waals surface area (Å²) in [4.78, 5) is 3.91. The van der Waals surface area contributed by atoms with Crippen molar-refractivity contribution < 1.29 is 5.11 Å². The van der Waals surface area contributed by atoms with E-state index in [1.807, 2.05) is 0 Å². The number of hydrogen-bond donors (Lipinski definition) is 1. The van der Waals surface area contributed by atoms with Gasteiger partial charge in [0.25, 0.3) is 0 Å². The largest absolute Gasteiger partial charge is 0.395 e. The summed E-state index contributed by atoms with van der Waals surface area (Å²) >= 11 is 1.80. The van der Waals surface area contributed by atoms with Crippen LogP contribution < -0.4 is 0 Å². The fourth-order valence-corrected chi connectivity index (χ4v) is 3.25. The zero-order valence-electron chi connectivity index (χ0n) is 11.0. The third-order valence-corrected chi connectivity index (χ3v) is 4.43. The van der Waals surface area contributed by atoms with Gasteiger partial charge in [-0.15, -0.1) is 11.3 Å². The quantitative estimate of drug-likeness (QED) is 0.844. The second-order valence-corrected chi connectivity index (χ2v) is 5.83. The van der Waals surface area contributed by atoms with Crippen LogP contribution in [0.4, 0.5) is 0 Å². The van der Waals surface area contributed by atoms with Crippen LogP contribution >= 0.6 is 11.3 Å². The number of aliphatic hydroxyl groups excluding tert-OH is 1. The van der Waals surface area contributed by atoms with Gasteiger partial charge in [-0.1, -0.05) is 25.2 Å². The summed E-state index contributed by atoms with van der Waals surface area (Å²) in [7, 11) is 0. The van der Waals surface area contributed by atoms with Crippen LogP contribution in [0.5, 0.6) is 0 Å². The summed E-state index contributed by atoms with van der Waals surface area (Å²) in [6, 6.07) is 2.09. The van der Waals surface area contributed by atoms with Crippen LogP contribution in [0.1, 0.15) is 36.6 Å². The van der Waals surface area contributed by atoms with Gasteiger partial charge in [0, 0.05) is 30.0 Å². The van der Waals surface area contributed by atoms with Crippen molar-refractivity contribution in [2.24, 2.45) is 5.92 Å². The summed E-state index contributed by atoms with van der Waals surface area (Å²) in [5.74, 6) is 7.06. The van der Waals surface area contributed by atoms with Crippen LogP contribution in [0, 0.1) is 17.8 Å². The van der Waals surface area contributed by atoms with Crippen molar-refractivity contribution in [2.75, 3.05) is 19.7 Å². The van der Waals surface area contributed by atoms with Crippen molar-refractivity contribution in [3.05, 3.63) is 21.9 Å². The molecule has 0 spiro atoms. The lowest BCUT2D eigenvalue weighted by atomic mass is 10.1. The minimum Gasteiger partial charge on any atom is -0.395 e. The first-order valence-electron chi connectivity index (χ1n) is 6.72. The van der Waals surface area contributed by atoms with Crippen molar-refractivity contribution in [1.29, 1.82) is 0 Å². The topological polar surface area (TPSA) is 23.5 Å². The number of nitrogens with zero attached hydrogens (tertiary/aromatic N) is 1. The van der Waals surface area contributed by atoms with Crippen molar-refractivity contribution in [3.63, 3.8) is 0 Å². The van der Waals surface area contributed by atoms with Crippen LogP contribution in [0.2, 0.25) is 0 Å². The molecule has 0 radical (unpaired) electrons. The molecule has 0 aliphatic carbocycles. The molecule has 18 heavy (non-hydrogen) atoms. The van der Waals surface area contributed by atoms with Crippen LogP contribution in [-0.2, 0) is 6.54 Å². The summed E-state index contributed by atoms with van der Waals surface area (Å²) in [6.07, 6.45) is 3.20. The highest BCUT2D eigenvalue weighted by molar-refractivity contribution is 7.10. The van der Waals surface area contributed by atoms with Crippen LogP contribution in [0.25, 0.3) is 0 Å². The van der Waals surface area contributed by atoms with Gasteiger partial charge in [0.1, 0.15) is 0 Å². The first kappa shape index (κ1) is 13.6. The molecule has 1 N–H and O–H groups in total. The first-order chi connectivity index (χ1) is 8.83. The summed E-state index contributed by atoms with van der Waals surface area (Å²) in [5.41, 5.74) is 1.15. The van der Waals surface area contributed by atoms with Crippen molar-refractivity contribution in [2.45, 2.75) is 32.7 Å². The van der Waals surface area contributed by atoms with Gasteiger partial charge in [0.2, 0.25) is 0 Å². The third kappa shape index (κ3) is 3.58. The predicted molar refractivity (Wildman–Crippen MR) is 76.6 cm³/mol. The number of thiophene rings is 1. The minimum atomic E-state index is 0.150. The smallest absolute Gasteiger partial charge is 0.0540 e. The summed E-state index contributed by atoms with van der Waals surface area (Å²) in [6.45, 7) is 5.93. The molecule has 1 atom stereocenters. The van der Waals surface area contributed by atoms with E-state index in [-0.39, 0.29) is 6.61 Å². The molecule has 3 heteroatoms.